The van der Waals surface area contributed by atoms with E-state index in [4.69, 9.17) is 11.5 Å². The Bertz CT molecular complexity index is 387. The molecule has 0 rings (SSSR count). The molecule has 0 aromatic rings. The van der Waals surface area contributed by atoms with Gasteiger partial charge < -0.3 is 26.8 Å². The van der Waals surface area contributed by atoms with Crippen LogP contribution in [0.3, 0.4) is 0 Å². The molecule has 0 unspecified atom stereocenters. The summed E-state index contributed by atoms with van der Waals surface area (Å²) in [5.74, 6) is 0. The number of thiocarbonyl (C=S) groups is 2. The zero-order valence-electron chi connectivity index (χ0n) is 10.0. The van der Waals surface area contributed by atoms with Gasteiger partial charge in [-0.05, 0) is 31.4 Å². The molecular formula is C8H16N6O3S2. The fourth-order valence-corrected chi connectivity index (χ4v) is 0.990. The van der Waals surface area contributed by atoms with Crippen molar-refractivity contribution in [2.24, 2.45) is 21.7 Å². The summed E-state index contributed by atoms with van der Waals surface area (Å²) in [5.41, 5.74) is 14.6. The summed E-state index contributed by atoms with van der Waals surface area (Å²) in [6.45, 7) is 1.30. The lowest BCUT2D eigenvalue weighted by Crippen LogP contribution is -2.43. The van der Waals surface area contributed by atoms with Crippen molar-refractivity contribution < 1.29 is 15.3 Å². The third-order valence-electron chi connectivity index (χ3n) is 1.79. The van der Waals surface area contributed by atoms with Crippen molar-refractivity contribution in [1.82, 2.24) is 10.9 Å². The smallest absolute Gasteiger partial charge is 0.184 e. The lowest BCUT2D eigenvalue weighted by molar-refractivity contribution is -0.0250. The maximum Gasteiger partial charge on any atom is 0.184 e. The lowest BCUT2D eigenvalue weighted by Gasteiger charge is -2.19. The third kappa shape index (κ3) is 7.58. The first kappa shape index (κ1) is 17.6. The fraction of sp³-hybridized carbons (Fsp3) is 0.500. The van der Waals surface area contributed by atoms with Gasteiger partial charge in [-0.3, -0.25) is 10.9 Å². The Kier molecular flexibility index (Phi) is 8.02. The summed E-state index contributed by atoms with van der Waals surface area (Å²) in [5, 5.41) is 35.5. The van der Waals surface area contributed by atoms with Crippen LogP contribution in [0.5, 0.6) is 0 Å². The fourth-order valence-electron chi connectivity index (χ4n) is 0.892. The number of hydrazone groups is 2. The van der Waals surface area contributed by atoms with Gasteiger partial charge in [-0.25, -0.2) is 0 Å². The first-order valence-corrected chi connectivity index (χ1v) is 5.83. The van der Waals surface area contributed by atoms with Crippen LogP contribution in [-0.2, 0) is 0 Å². The van der Waals surface area contributed by atoms with E-state index in [-0.39, 0.29) is 15.9 Å². The number of rotatable bonds is 6. The topological polar surface area (TPSA) is 162 Å². The number of nitrogens with one attached hydrogen (secondary N) is 2. The van der Waals surface area contributed by atoms with Crippen LogP contribution >= 0.6 is 24.4 Å². The minimum absolute atomic E-state index is 0.0940. The summed E-state index contributed by atoms with van der Waals surface area (Å²) in [7, 11) is 0. The van der Waals surface area contributed by atoms with Crippen molar-refractivity contribution in [3.8, 4) is 0 Å². The highest BCUT2D eigenvalue weighted by atomic mass is 32.1. The van der Waals surface area contributed by atoms with Gasteiger partial charge in [0.05, 0.1) is 12.3 Å². The second-order valence-corrected chi connectivity index (χ2v) is 4.30. The van der Waals surface area contributed by atoms with Gasteiger partial charge in [0, 0.05) is 0 Å². The Morgan fingerprint density at radius 2 is 1.68 bits per heavy atom. The van der Waals surface area contributed by atoms with Crippen molar-refractivity contribution >= 4 is 46.6 Å². The van der Waals surface area contributed by atoms with Crippen molar-refractivity contribution in [2.75, 3.05) is 0 Å². The minimum atomic E-state index is -1.52. The molecular weight excluding hydrogens is 292 g/mol. The summed E-state index contributed by atoms with van der Waals surface area (Å²) in [6.07, 6.45) is -3.12. The van der Waals surface area contributed by atoms with E-state index in [2.05, 4.69) is 45.5 Å². The zero-order chi connectivity index (χ0) is 15.0. The third-order valence-corrected chi connectivity index (χ3v) is 1.97. The summed E-state index contributed by atoms with van der Waals surface area (Å²) >= 11 is 9.05. The first-order chi connectivity index (χ1) is 8.75. The minimum Gasteiger partial charge on any atom is -0.391 e. The Morgan fingerprint density at radius 3 is 2.11 bits per heavy atom. The molecule has 0 radical (unpaired) electrons. The van der Waals surface area contributed by atoms with E-state index in [1.165, 1.54) is 6.92 Å². The highest BCUT2D eigenvalue weighted by Gasteiger charge is 2.25. The van der Waals surface area contributed by atoms with Gasteiger partial charge in [0.25, 0.3) is 0 Å². The van der Waals surface area contributed by atoms with Crippen molar-refractivity contribution in [2.45, 2.75) is 25.2 Å². The van der Waals surface area contributed by atoms with Crippen LogP contribution in [0.1, 0.15) is 6.92 Å². The second-order valence-electron chi connectivity index (χ2n) is 3.42. The summed E-state index contributed by atoms with van der Waals surface area (Å²) < 4.78 is 0. The molecule has 0 spiro atoms. The molecule has 0 aliphatic rings. The molecule has 0 heterocycles. The van der Waals surface area contributed by atoms with Crippen LogP contribution in [0.15, 0.2) is 10.2 Å². The maximum absolute atomic E-state index is 9.78. The molecule has 19 heavy (non-hydrogen) atoms. The highest BCUT2D eigenvalue weighted by molar-refractivity contribution is 7.80. The first-order valence-electron chi connectivity index (χ1n) is 5.01. The van der Waals surface area contributed by atoms with Crippen LogP contribution in [0.2, 0.25) is 0 Å². The van der Waals surface area contributed by atoms with Crippen LogP contribution in [-0.4, -0.2) is 55.8 Å². The Morgan fingerprint density at radius 1 is 1.16 bits per heavy atom. The van der Waals surface area contributed by atoms with Gasteiger partial charge in [-0.2, -0.15) is 10.2 Å². The molecule has 11 heteroatoms. The zero-order valence-corrected chi connectivity index (χ0v) is 11.6. The summed E-state index contributed by atoms with van der Waals surface area (Å²) in [4.78, 5) is 0. The van der Waals surface area contributed by atoms with Gasteiger partial charge in [-0.1, -0.05) is 0 Å². The van der Waals surface area contributed by atoms with Crippen LogP contribution in [0.4, 0.5) is 0 Å². The number of aliphatic hydroxyl groups is 3. The number of nitrogens with zero attached hydrogens (tertiary/aromatic N) is 2. The summed E-state index contributed by atoms with van der Waals surface area (Å²) in [6, 6.07) is 0. The second kappa shape index (κ2) is 8.66. The van der Waals surface area contributed by atoms with Gasteiger partial charge in [0.2, 0.25) is 0 Å². The number of hydrogen-bond donors (Lipinski definition) is 7. The molecule has 0 aromatic heterocycles. The van der Waals surface area contributed by atoms with E-state index in [0.29, 0.717) is 0 Å². The molecule has 0 saturated heterocycles. The monoisotopic (exact) mass is 308 g/mol. The molecule has 108 valence electrons. The Balaban J connectivity index is 4.94. The molecule has 0 saturated carbocycles. The maximum atomic E-state index is 9.78. The van der Waals surface area contributed by atoms with E-state index in [1.54, 1.807) is 0 Å². The highest BCUT2D eigenvalue weighted by Crippen LogP contribution is 2.01. The molecule has 9 N–H and O–H groups in total. The standard InChI is InChI=1S/C8H16N6O3S2/c1-3(15)5(16)6(17)4(12-14-8(10)19)2-11-13-7(9)18/h2-3,5-6,15-17H,1H3,(H3,9,13,18)(H3,10,14,19)/b11-2+,12-4+/t3-,5-,6+/m0/s1. The molecule has 3 atom stereocenters. The predicted molar refractivity (Wildman–Crippen MR) is 79.5 cm³/mol. The van der Waals surface area contributed by atoms with Crippen LogP contribution in [0, 0.1) is 0 Å². The molecule has 9 nitrogen and oxygen atoms in total. The van der Waals surface area contributed by atoms with Gasteiger partial charge in [-0.15, -0.1) is 0 Å². The quantitative estimate of drug-likeness (QED) is 0.155. The van der Waals surface area contributed by atoms with Gasteiger partial charge >= 0.3 is 0 Å². The molecule has 0 fully saturated rings. The number of hydrogen-bond acceptors (Lipinski definition) is 7. The molecule has 0 bridgehead atoms. The van der Waals surface area contributed by atoms with Crippen molar-refractivity contribution in [1.29, 1.82) is 0 Å². The van der Waals surface area contributed by atoms with Gasteiger partial charge in [0.15, 0.2) is 10.2 Å². The Hall–Kier alpha value is -1.40. The van der Waals surface area contributed by atoms with Crippen molar-refractivity contribution in [3.05, 3.63) is 0 Å². The largest absolute Gasteiger partial charge is 0.391 e. The van der Waals surface area contributed by atoms with E-state index in [1.807, 2.05) is 0 Å². The van der Waals surface area contributed by atoms with E-state index < -0.39 is 18.3 Å². The van der Waals surface area contributed by atoms with Crippen LogP contribution < -0.4 is 22.3 Å². The lowest BCUT2D eigenvalue weighted by atomic mass is 10.1. The predicted octanol–water partition coefficient (Wildman–Crippen LogP) is -2.90. The van der Waals surface area contributed by atoms with E-state index in [0.717, 1.165) is 6.21 Å². The SMILES string of the molecule is C[C@H](O)[C@H](O)[C@H](O)C(/C=N/NC(N)=S)=N/NC(N)=S. The van der Waals surface area contributed by atoms with E-state index >= 15 is 0 Å². The molecule has 0 aromatic carbocycles. The normalized spacial score (nSPS) is 16.7. The Labute approximate surface area is 120 Å². The van der Waals surface area contributed by atoms with Crippen molar-refractivity contribution in [3.63, 3.8) is 0 Å². The number of aliphatic hydroxyl groups excluding tert-OH is 3. The average molecular weight is 308 g/mol. The van der Waals surface area contributed by atoms with Crippen LogP contribution in [0.25, 0.3) is 0 Å². The van der Waals surface area contributed by atoms with Gasteiger partial charge in [0.1, 0.15) is 17.9 Å². The van der Waals surface area contributed by atoms with E-state index in [9.17, 15) is 15.3 Å². The molecule has 0 amide bonds. The average Bonchev–Trinajstić information content (AvgIpc) is 2.30. The number of nitrogens with two attached hydrogens (primary N) is 2. The molecule has 0 aliphatic heterocycles. The molecule has 0 aliphatic carbocycles.